The summed E-state index contributed by atoms with van der Waals surface area (Å²) in [6.45, 7) is 4.43. The molecule has 1 saturated heterocycles. The molecule has 190 valence electrons. The monoisotopic (exact) mass is 556 g/mol. The topological polar surface area (TPSA) is 93.1 Å². The number of amidine groups is 1. The first-order valence-corrected chi connectivity index (χ1v) is 13.2. The van der Waals surface area contributed by atoms with Crippen molar-refractivity contribution in [3.8, 4) is 0 Å². The van der Waals surface area contributed by atoms with E-state index in [1.54, 1.807) is 37.4 Å². The van der Waals surface area contributed by atoms with Crippen LogP contribution in [0.1, 0.15) is 22.8 Å². The van der Waals surface area contributed by atoms with Crippen LogP contribution in [0, 0.1) is 0 Å². The van der Waals surface area contributed by atoms with Crippen molar-refractivity contribution in [2.45, 2.75) is 6.92 Å². The van der Waals surface area contributed by atoms with Gasteiger partial charge in [-0.3, -0.25) is 9.78 Å². The Hall–Kier alpha value is -3.11. The summed E-state index contributed by atoms with van der Waals surface area (Å²) in [7, 11) is 0. The molecular formula is C26H22Cl2N4O4S. The summed E-state index contributed by atoms with van der Waals surface area (Å²) in [4.78, 5) is 36.6. The zero-order chi connectivity index (χ0) is 25.9. The van der Waals surface area contributed by atoms with Gasteiger partial charge in [-0.2, -0.15) is 4.99 Å². The number of carbonyl (C=O) groups is 2. The molecule has 37 heavy (non-hydrogen) atoms. The summed E-state index contributed by atoms with van der Waals surface area (Å²) in [5, 5.41) is 5.07. The number of carbonyl (C=O) groups excluding carboxylic acids is 2. The summed E-state index contributed by atoms with van der Waals surface area (Å²) in [6, 6.07) is 10.8. The number of ether oxygens (including phenoxy) is 2. The molecule has 0 aliphatic carbocycles. The van der Waals surface area contributed by atoms with Crippen LogP contribution in [0.4, 0.5) is 11.4 Å². The summed E-state index contributed by atoms with van der Waals surface area (Å²) in [5.74, 6) is -0.798. The van der Waals surface area contributed by atoms with Gasteiger partial charge in [0.25, 0.3) is 5.91 Å². The Bertz CT molecular complexity index is 1430. The number of hydrogen-bond donors (Lipinski definition) is 1. The van der Waals surface area contributed by atoms with Gasteiger partial charge in [-0.25, -0.2) is 4.79 Å². The number of anilines is 2. The van der Waals surface area contributed by atoms with Crippen LogP contribution in [-0.4, -0.2) is 54.9 Å². The standard InChI is InChI=1S/C26H22Cl2N4O4S/c1-2-36-25(34)17-14-29-20-7-6-15(12-16(20)23(17)32-8-10-35-11-9-32)13-21-24(33)31-26(37-21)30-22-18(27)4-3-5-19(22)28/h3-7,12-14H,2,8-11H2,1H3,(H,30,31,33)/b21-13-. The van der Waals surface area contributed by atoms with Crippen molar-refractivity contribution in [3.63, 3.8) is 0 Å². The number of esters is 1. The molecule has 1 fully saturated rings. The lowest BCUT2D eigenvalue weighted by Gasteiger charge is -2.31. The maximum absolute atomic E-state index is 12.8. The molecule has 0 atom stereocenters. The molecule has 0 bridgehead atoms. The van der Waals surface area contributed by atoms with Crippen molar-refractivity contribution in [1.29, 1.82) is 0 Å². The molecule has 2 aromatic carbocycles. The van der Waals surface area contributed by atoms with Gasteiger partial charge in [0.1, 0.15) is 5.56 Å². The number of morpholine rings is 1. The van der Waals surface area contributed by atoms with Gasteiger partial charge < -0.3 is 19.7 Å². The number of halogens is 2. The fraction of sp³-hybridized carbons (Fsp3) is 0.231. The number of benzene rings is 2. The van der Waals surface area contributed by atoms with Crippen molar-refractivity contribution in [2.75, 3.05) is 43.1 Å². The quantitative estimate of drug-likeness (QED) is 0.319. The Morgan fingerprint density at radius 2 is 1.97 bits per heavy atom. The predicted molar refractivity (Wildman–Crippen MR) is 149 cm³/mol. The molecule has 5 rings (SSSR count). The van der Waals surface area contributed by atoms with E-state index in [2.05, 4.69) is 20.2 Å². The molecule has 3 heterocycles. The maximum Gasteiger partial charge on any atom is 0.341 e. The van der Waals surface area contributed by atoms with E-state index in [4.69, 9.17) is 32.7 Å². The van der Waals surface area contributed by atoms with E-state index in [9.17, 15) is 9.59 Å². The molecule has 11 heteroatoms. The molecule has 8 nitrogen and oxygen atoms in total. The van der Waals surface area contributed by atoms with Crippen LogP contribution in [0.2, 0.25) is 10.0 Å². The molecule has 2 aliphatic rings. The lowest BCUT2D eigenvalue weighted by molar-refractivity contribution is -0.113. The number of amides is 1. The number of thioether (sulfide) groups is 1. The molecule has 0 radical (unpaired) electrons. The molecule has 1 N–H and O–H groups in total. The van der Waals surface area contributed by atoms with Crippen LogP contribution in [0.3, 0.4) is 0 Å². The highest BCUT2D eigenvalue weighted by molar-refractivity contribution is 8.18. The number of para-hydroxylation sites is 1. The minimum absolute atomic E-state index is 0.265. The minimum Gasteiger partial charge on any atom is -0.462 e. The Morgan fingerprint density at radius 1 is 1.22 bits per heavy atom. The van der Waals surface area contributed by atoms with Crippen LogP contribution in [0.5, 0.6) is 0 Å². The van der Waals surface area contributed by atoms with E-state index >= 15 is 0 Å². The zero-order valence-electron chi connectivity index (χ0n) is 19.8. The highest BCUT2D eigenvalue weighted by Gasteiger charge is 2.25. The molecule has 1 aromatic heterocycles. The largest absolute Gasteiger partial charge is 0.462 e. The van der Waals surface area contributed by atoms with Gasteiger partial charge in [0, 0.05) is 24.7 Å². The molecule has 0 saturated carbocycles. The number of pyridine rings is 1. The number of nitrogens with one attached hydrogen (secondary N) is 1. The Labute approximate surface area is 227 Å². The molecule has 1 amide bonds. The van der Waals surface area contributed by atoms with Crippen LogP contribution in [-0.2, 0) is 14.3 Å². The normalized spacial score (nSPS) is 16.8. The van der Waals surface area contributed by atoms with E-state index in [1.807, 2.05) is 18.2 Å². The number of aromatic nitrogens is 1. The van der Waals surface area contributed by atoms with Gasteiger partial charge in [-0.1, -0.05) is 35.3 Å². The van der Waals surface area contributed by atoms with E-state index in [1.165, 1.54) is 11.8 Å². The fourth-order valence-electron chi connectivity index (χ4n) is 4.11. The van der Waals surface area contributed by atoms with Gasteiger partial charge in [-0.05, 0) is 54.6 Å². The summed E-state index contributed by atoms with van der Waals surface area (Å²) >= 11 is 13.7. The van der Waals surface area contributed by atoms with E-state index in [0.717, 1.165) is 22.2 Å². The van der Waals surface area contributed by atoms with E-state index in [-0.39, 0.29) is 12.5 Å². The second-order valence-electron chi connectivity index (χ2n) is 8.17. The predicted octanol–water partition coefficient (Wildman–Crippen LogP) is 5.64. The second-order valence-corrected chi connectivity index (χ2v) is 10.0. The molecule has 3 aromatic rings. The third-order valence-electron chi connectivity index (χ3n) is 5.80. The molecule has 0 spiro atoms. The smallest absolute Gasteiger partial charge is 0.341 e. The van der Waals surface area contributed by atoms with Crippen LogP contribution in [0.25, 0.3) is 17.0 Å². The average Bonchev–Trinajstić information content (AvgIpc) is 3.24. The third-order valence-corrected chi connectivity index (χ3v) is 7.33. The van der Waals surface area contributed by atoms with Gasteiger partial charge in [-0.15, -0.1) is 0 Å². The van der Waals surface area contributed by atoms with E-state index < -0.39 is 5.97 Å². The van der Waals surface area contributed by atoms with Crippen molar-refractivity contribution in [2.24, 2.45) is 4.99 Å². The first kappa shape index (κ1) is 25.5. The molecular weight excluding hydrogens is 535 g/mol. The maximum atomic E-state index is 12.8. The van der Waals surface area contributed by atoms with Crippen LogP contribution < -0.4 is 10.2 Å². The van der Waals surface area contributed by atoms with Crippen LogP contribution in [0.15, 0.2) is 52.5 Å². The Kier molecular flexibility index (Phi) is 7.66. The highest BCUT2D eigenvalue weighted by atomic mass is 35.5. The number of fused-ring (bicyclic) bond motifs is 1. The first-order valence-electron chi connectivity index (χ1n) is 11.6. The summed E-state index contributed by atoms with van der Waals surface area (Å²) in [6.07, 6.45) is 3.32. The Balaban J connectivity index is 1.49. The van der Waals surface area contributed by atoms with Crippen molar-refractivity contribution in [1.82, 2.24) is 4.98 Å². The van der Waals surface area contributed by atoms with E-state index in [0.29, 0.717) is 57.7 Å². The molecule has 2 aliphatic heterocycles. The fourth-order valence-corrected chi connectivity index (χ4v) is 5.42. The van der Waals surface area contributed by atoms with Gasteiger partial charge >= 0.3 is 5.97 Å². The second kappa shape index (κ2) is 11.1. The van der Waals surface area contributed by atoms with Gasteiger partial charge in [0.2, 0.25) is 0 Å². The number of rotatable bonds is 5. The number of hydrogen-bond acceptors (Lipinski definition) is 8. The Morgan fingerprint density at radius 3 is 2.70 bits per heavy atom. The van der Waals surface area contributed by atoms with Crippen LogP contribution >= 0.6 is 35.0 Å². The van der Waals surface area contributed by atoms with Gasteiger partial charge in [0.15, 0.2) is 5.17 Å². The first-order chi connectivity index (χ1) is 17.9. The van der Waals surface area contributed by atoms with Crippen molar-refractivity contribution in [3.05, 3.63) is 68.7 Å². The number of aliphatic imine (C=N–C) groups is 1. The van der Waals surface area contributed by atoms with Crippen molar-refractivity contribution < 1.29 is 19.1 Å². The lowest BCUT2D eigenvalue weighted by atomic mass is 10.0. The summed E-state index contributed by atoms with van der Waals surface area (Å²) in [5.41, 5.74) is 3.15. The summed E-state index contributed by atoms with van der Waals surface area (Å²) < 4.78 is 10.8. The SMILES string of the molecule is CCOC(=O)c1cnc2ccc(/C=C3\SC(Nc4c(Cl)cccc4Cl)=NC3=O)cc2c1N1CCOCC1. The third kappa shape index (κ3) is 5.45. The number of nitrogens with zero attached hydrogens (tertiary/aromatic N) is 3. The van der Waals surface area contributed by atoms with Gasteiger partial charge in [0.05, 0.1) is 51.7 Å². The lowest BCUT2D eigenvalue weighted by Crippen LogP contribution is -2.37. The zero-order valence-corrected chi connectivity index (χ0v) is 22.1. The highest BCUT2D eigenvalue weighted by Crippen LogP contribution is 2.36. The minimum atomic E-state index is -0.425. The average molecular weight is 557 g/mol. The van der Waals surface area contributed by atoms with Crippen molar-refractivity contribution >= 4 is 80.4 Å². The molecule has 0 unspecified atom stereocenters.